The van der Waals surface area contributed by atoms with Crippen molar-refractivity contribution >= 4 is 15.6 Å². The maximum atomic E-state index is 13.5. The molecule has 0 bridgehead atoms. The predicted molar refractivity (Wildman–Crippen MR) is 131 cm³/mol. The van der Waals surface area contributed by atoms with E-state index in [0.29, 0.717) is 23.2 Å². The van der Waals surface area contributed by atoms with Crippen LogP contribution in [0.15, 0.2) is 17.3 Å². The van der Waals surface area contributed by atoms with Gasteiger partial charge in [0.15, 0.2) is 15.6 Å². The normalized spacial score (nSPS) is 44.2. The molecule has 0 spiro atoms. The summed E-state index contributed by atoms with van der Waals surface area (Å²) >= 11 is 0. The summed E-state index contributed by atoms with van der Waals surface area (Å²) in [6.45, 7) is 6.93. The van der Waals surface area contributed by atoms with Gasteiger partial charge < -0.3 is 5.11 Å². The first-order chi connectivity index (χ1) is 15.9. The van der Waals surface area contributed by atoms with Crippen LogP contribution in [0.3, 0.4) is 0 Å². The van der Waals surface area contributed by atoms with E-state index in [1.54, 1.807) is 0 Å². The number of hydrogen-bond donors (Lipinski definition) is 1. The fourth-order valence-electron chi connectivity index (χ4n) is 9.37. The molecule has 1 aromatic heterocycles. The topological polar surface area (TPSA) is 89.3 Å². The Balaban J connectivity index is 1.34. The van der Waals surface area contributed by atoms with Crippen molar-refractivity contribution in [2.75, 3.05) is 6.26 Å². The molecule has 0 aromatic carbocycles. The molecule has 8 atom stereocenters. The standard InChI is InChI=1S/C27H42N2O4S/c1-5-27-13-12-25(2,31)14-18(27)6-7-20-21-8-9-23(26(21,3)11-10-22(20)27)24(30)17-29-16-19(15-28-29)34(4,32)33/h15-16,18,20-23,31H,5-14,17H2,1-4H3/t18-,20+,21+,22+,23-,25-,26+,27+/m1/s1. The van der Waals surface area contributed by atoms with Gasteiger partial charge in [0.05, 0.1) is 18.3 Å². The Morgan fingerprint density at radius 2 is 1.88 bits per heavy atom. The summed E-state index contributed by atoms with van der Waals surface area (Å²) in [7, 11) is -3.32. The number of rotatable bonds is 5. The minimum Gasteiger partial charge on any atom is -0.390 e. The Kier molecular flexibility index (Phi) is 5.87. The monoisotopic (exact) mass is 490 g/mol. The fourth-order valence-corrected chi connectivity index (χ4v) is 9.92. The van der Waals surface area contributed by atoms with Crippen LogP contribution in [0.4, 0.5) is 0 Å². The third-order valence-electron chi connectivity index (χ3n) is 11.1. The molecule has 0 aliphatic heterocycles. The highest BCUT2D eigenvalue weighted by molar-refractivity contribution is 7.90. The van der Waals surface area contributed by atoms with Gasteiger partial charge in [-0.1, -0.05) is 13.8 Å². The van der Waals surface area contributed by atoms with Crippen molar-refractivity contribution in [1.82, 2.24) is 9.78 Å². The largest absolute Gasteiger partial charge is 0.390 e. The molecule has 0 unspecified atom stereocenters. The number of carbonyl (C=O) groups is 1. The molecule has 4 fully saturated rings. The van der Waals surface area contributed by atoms with Gasteiger partial charge in [-0.25, -0.2) is 8.42 Å². The second-order valence-electron chi connectivity index (χ2n) is 12.7. The Hall–Kier alpha value is -1.21. The summed E-state index contributed by atoms with van der Waals surface area (Å²) in [4.78, 5) is 13.6. The second kappa shape index (κ2) is 8.16. The van der Waals surface area contributed by atoms with E-state index in [4.69, 9.17) is 0 Å². The van der Waals surface area contributed by atoms with Crippen molar-refractivity contribution in [2.45, 2.75) is 102 Å². The highest BCUT2D eigenvalue weighted by Crippen LogP contribution is 2.69. The van der Waals surface area contributed by atoms with E-state index in [9.17, 15) is 18.3 Å². The van der Waals surface area contributed by atoms with Gasteiger partial charge in [0, 0.05) is 18.4 Å². The molecule has 4 saturated carbocycles. The van der Waals surface area contributed by atoms with Crippen molar-refractivity contribution in [3.63, 3.8) is 0 Å². The lowest BCUT2D eigenvalue weighted by Crippen LogP contribution is -2.56. The van der Waals surface area contributed by atoms with Crippen molar-refractivity contribution in [3.8, 4) is 0 Å². The van der Waals surface area contributed by atoms with Crippen molar-refractivity contribution in [2.24, 2.45) is 40.4 Å². The molecule has 4 aliphatic rings. The lowest BCUT2D eigenvalue weighted by atomic mass is 9.42. The van der Waals surface area contributed by atoms with Crippen LogP contribution in [-0.2, 0) is 21.2 Å². The summed E-state index contributed by atoms with van der Waals surface area (Å²) in [6, 6.07) is 0. The Morgan fingerprint density at radius 1 is 1.12 bits per heavy atom. The molecule has 0 saturated heterocycles. The van der Waals surface area contributed by atoms with Crippen LogP contribution in [0.2, 0.25) is 0 Å². The van der Waals surface area contributed by atoms with Crippen LogP contribution in [0.25, 0.3) is 0 Å². The van der Waals surface area contributed by atoms with Gasteiger partial charge in [-0.05, 0) is 106 Å². The number of aromatic nitrogens is 2. The van der Waals surface area contributed by atoms with Gasteiger partial charge >= 0.3 is 0 Å². The number of aliphatic hydroxyl groups is 1. The molecule has 5 rings (SSSR count). The predicted octanol–water partition coefficient (Wildman–Crippen LogP) is 4.66. The van der Waals surface area contributed by atoms with E-state index in [0.717, 1.165) is 44.4 Å². The third kappa shape index (κ3) is 3.80. The van der Waals surface area contributed by atoms with Crippen molar-refractivity contribution in [1.29, 1.82) is 0 Å². The first-order valence-corrected chi connectivity index (χ1v) is 15.3. The number of Topliss-reactive ketones (excluding diaryl/α,β-unsaturated/α-hetero) is 1. The van der Waals surface area contributed by atoms with Gasteiger partial charge in [0.25, 0.3) is 0 Å². The highest BCUT2D eigenvalue weighted by atomic mass is 32.2. The van der Waals surface area contributed by atoms with Gasteiger partial charge in [-0.3, -0.25) is 9.48 Å². The average molecular weight is 491 g/mol. The lowest BCUT2D eigenvalue weighted by Gasteiger charge is -2.63. The highest BCUT2D eigenvalue weighted by Gasteiger charge is 2.62. The molecule has 7 heteroatoms. The van der Waals surface area contributed by atoms with Gasteiger partial charge in [-0.2, -0.15) is 5.10 Å². The van der Waals surface area contributed by atoms with E-state index in [1.165, 1.54) is 49.0 Å². The van der Waals surface area contributed by atoms with Crippen LogP contribution < -0.4 is 0 Å². The van der Waals surface area contributed by atoms with E-state index in [-0.39, 0.29) is 28.6 Å². The summed E-state index contributed by atoms with van der Waals surface area (Å²) in [6.07, 6.45) is 15.1. The maximum absolute atomic E-state index is 13.5. The molecular weight excluding hydrogens is 448 g/mol. The van der Waals surface area contributed by atoms with E-state index < -0.39 is 15.4 Å². The Labute approximate surface area is 204 Å². The average Bonchev–Trinajstić information content (AvgIpc) is 3.37. The molecule has 0 amide bonds. The number of ketones is 1. The second-order valence-corrected chi connectivity index (χ2v) is 14.7. The first kappa shape index (κ1) is 24.5. The summed E-state index contributed by atoms with van der Waals surface area (Å²) in [5, 5.41) is 15.0. The molecule has 0 radical (unpaired) electrons. The van der Waals surface area contributed by atoms with Crippen molar-refractivity contribution in [3.05, 3.63) is 12.4 Å². The van der Waals surface area contributed by atoms with Crippen molar-refractivity contribution < 1.29 is 18.3 Å². The quantitative estimate of drug-likeness (QED) is 0.649. The molecule has 1 aromatic rings. The molecule has 1 heterocycles. The van der Waals surface area contributed by atoms with Crippen LogP contribution in [0.1, 0.15) is 85.0 Å². The van der Waals surface area contributed by atoms with E-state index in [1.807, 2.05) is 6.92 Å². The van der Waals surface area contributed by atoms with Crippen LogP contribution >= 0.6 is 0 Å². The van der Waals surface area contributed by atoms with Crippen LogP contribution in [-0.4, -0.2) is 40.9 Å². The Bertz CT molecular complexity index is 1060. The first-order valence-electron chi connectivity index (χ1n) is 13.4. The molecule has 1 N–H and O–H groups in total. The molecular formula is C27H42N2O4S. The summed E-state index contributed by atoms with van der Waals surface area (Å²) < 4.78 is 25.1. The number of carbonyl (C=O) groups excluding carboxylic acids is 1. The van der Waals surface area contributed by atoms with E-state index >= 15 is 0 Å². The number of sulfone groups is 1. The number of nitrogens with zero attached hydrogens (tertiary/aromatic N) is 2. The molecule has 4 aliphatic carbocycles. The summed E-state index contributed by atoms with van der Waals surface area (Å²) in [5.41, 5.74) is -0.105. The summed E-state index contributed by atoms with van der Waals surface area (Å²) in [5.74, 6) is 2.89. The minimum atomic E-state index is -3.32. The SMILES string of the molecule is CC[C@]12CC[C@@](C)(O)C[C@H]1CC[C@H]1[C@@H]3CC[C@H](C(=O)Cn4cc(S(C)(=O)=O)cn4)[C@@]3(C)CC[C@@H]12. The lowest BCUT2D eigenvalue weighted by molar-refractivity contribution is -0.158. The third-order valence-corrected chi connectivity index (χ3v) is 12.1. The zero-order valence-corrected chi connectivity index (χ0v) is 22.1. The zero-order valence-electron chi connectivity index (χ0n) is 21.3. The number of hydrogen-bond acceptors (Lipinski definition) is 5. The maximum Gasteiger partial charge on any atom is 0.178 e. The van der Waals surface area contributed by atoms with Crippen LogP contribution in [0, 0.1) is 40.4 Å². The zero-order chi connectivity index (χ0) is 24.5. The molecule has 34 heavy (non-hydrogen) atoms. The number of fused-ring (bicyclic) bond motifs is 5. The van der Waals surface area contributed by atoms with E-state index in [2.05, 4.69) is 18.9 Å². The Morgan fingerprint density at radius 3 is 2.56 bits per heavy atom. The minimum absolute atomic E-state index is 0.0340. The van der Waals surface area contributed by atoms with Gasteiger partial charge in [0.1, 0.15) is 4.90 Å². The van der Waals surface area contributed by atoms with Gasteiger partial charge in [-0.15, -0.1) is 0 Å². The fraction of sp³-hybridized carbons (Fsp3) is 0.852. The molecule has 190 valence electrons. The van der Waals surface area contributed by atoms with Gasteiger partial charge in [0.2, 0.25) is 0 Å². The smallest absolute Gasteiger partial charge is 0.178 e. The van der Waals surface area contributed by atoms with Crippen LogP contribution in [0.5, 0.6) is 0 Å². The molecule has 6 nitrogen and oxygen atoms in total.